The van der Waals surface area contributed by atoms with Gasteiger partial charge in [0.2, 0.25) is 0 Å². The predicted molar refractivity (Wildman–Crippen MR) is 92.1 cm³/mol. The number of hydrogen-bond donors (Lipinski definition) is 1. The summed E-state index contributed by atoms with van der Waals surface area (Å²) in [5.41, 5.74) is 1.13. The van der Waals surface area contributed by atoms with Gasteiger partial charge in [-0.15, -0.1) is 11.3 Å². The smallest absolute Gasteiger partial charge is 0.0888 e. The van der Waals surface area contributed by atoms with Crippen LogP contribution in [-0.4, -0.2) is 7.05 Å². The van der Waals surface area contributed by atoms with Gasteiger partial charge in [0.05, 0.1) is 19.9 Å². The molecule has 0 aliphatic rings. The van der Waals surface area contributed by atoms with E-state index < -0.39 is 0 Å². The monoisotopic (exact) mass is 475 g/mol. The van der Waals surface area contributed by atoms with E-state index in [2.05, 4.69) is 49.9 Å². The van der Waals surface area contributed by atoms with E-state index in [1.807, 2.05) is 25.2 Å². The van der Waals surface area contributed by atoms with Crippen molar-refractivity contribution in [2.45, 2.75) is 6.04 Å². The van der Waals surface area contributed by atoms with Gasteiger partial charge >= 0.3 is 0 Å². The van der Waals surface area contributed by atoms with E-state index in [0.717, 1.165) is 27.8 Å². The Morgan fingerprint density at radius 2 is 2.00 bits per heavy atom. The van der Waals surface area contributed by atoms with Crippen LogP contribution in [0.1, 0.15) is 16.5 Å². The summed E-state index contributed by atoms with van der Waals surface area (Å²) < 4.78 is 2.01. The first kappa shape index (κ1) is 15.1. The molecule has 0 aliphatic heterocycles. The molecule has 0 saturated carbocycles. The standard InChI is InChI=1S/C12H9BrCl2INS/c1-17-11(10-5-8(15)12(13)18-10)6-2-3-9(16)7(14)4-6/h2-5,11,17H,1H3. The molecule has 1 heterocycles. The Morgan fingerprint density at radius 3 is 2.50 bits per heavy atom. The van der Waals surface area contributed by atoms with E-state index in [4.69, 9.17) is 23.2 Å². The van der Waals surface area contributed by atoms with Gasteiger partial charge in [0.25, 0.3) is 0 Å². The molecule has 2 aromatic rings. The molecule has 2 rings (SSSR count). The molecule has 18 heavy (non-hydrogen) atoms. The molecule has 1 unspecified atom stereocenters. The van der Waals surface area contributed by atoms with Gasteiger partial charge in [0, 0.05) is 8.45 Å². The van der Waals surface area contributed by atoms with Crippen LogP contribution < -0.4 is 5.32 Å². The van der Waals surface area contributed by atoms with Crippen LogP contribution in [0, 0.1) is 3.57 Å². The van der Waals surface area contributed by atoms with E-state index in [1.54, 1.807) is 11.3 Å². The lowest BCUT2D eigenvalue weighted by Gasteiger charge is -2.15. The Labute approximate surface area is 142 Å². The summed E-state index contributed by atoms with van der Waals surface area (Å²) in [6, 6.07) is 8.17. The molecule has 1 nitrogen and oxygen atoms in total. The Balaban J connectivity index is 2.41. The minimum Gasteiger partial charge on any atom is -0.309 e. The Morgan fingerprint density at radius 1 is 1.28 bits per heavy atom. The molecule has 0 amide bonds. The van der Waals surface area contributed by atoms with Crippen LogP contribution in [-0.2, 0) is 0 Å². The minimum atomic E-state index is 0.105. The van der Waals surface area contributed by atoms with Gasteiger partial charge in [0.15, 0.2) is 0 Å². The molecular weight excluding hydrogens is 468 g/mol. The van der Waals surface area contributed by atoms with Gasteiger partial charge in [-0.2, -0.15) is 0 Å². The summed E-state index contributed by atoms with van der Waals surface area (Å²) in [6.07, 6.45) is 0. The Kier molecular flexibility index (Phi) is 5.37. The normalized spacial score (nSPS) is 12.7. The lowest BCUT2D eigenvalue weighted by molar-refractivity contribution is 0.704. The first-order valence-electron chi connectivity index (χ1n) is 5.10. The number of thiophene rings is 1. The maximum absolute atomic E-state index is 6.17. The van der Waals surface area contributed by atoms with Crippen molar-refractivity contribution in [3.05, 3.63) is 52.1 Å². The van der Waals surface area contributed by atoms with Crippen LogP contribution >= 0.6 is 73.1 Å². The van der Waals surface area contributed by atoms with Crippen molar-refractivity contribution in [2.75, 3.05) is 7.05 Å². The summed E-state index contributed by atoms with van der Waals surface area (Å²) >= 11 is 19.5. The van der Waals surface area contributed by atoms with E-state index in [1.165, 1.54) is 0 Å². The van der Waals surface area contributed by atoms with Crippen molar-refractivity contribution in [1.82, 2.24) is 5.32 Å². The third kappa shape index (κ3) is 3.22. The van der Waals surface area contributed by atoms with Crippen molar-refractivity contribution in [3.8, 4) is 0 Å². The third-order valence-electron chi connectivity index (χ3n) is 2.51. The second kappa shape index (κ2) is 6.41. The molecule has 96 valence electrons. The zero-order chi connectivity index (χ0) is 13.3. The van der Waals surface area contributed by atoms with Crippen molar-refractivity contribution in [2.24, 2.45) is 0 Å². The molecule has 0 bridgehead atoms. The van der Waals surface area contributed by atoms with Gasteiger partial charge in [0.1, 0.15) is 0 Å². The fourth-order valence-electron chi connectivity index (χ4n) is 1.67. The molecule has 6 heteroatoms. The third-order valence-corrected chi connectivity index (χ3v) is 6.63. The highest BCUT2D eigenvalue weighted by atomic mass is 127. The highest BCUT2D eigenvalue weighted by Crippen LogP contribution is 2.38. The van der Waals surface area contributed by atoms with Gasteiger partial charge in [-0.05, 0) is 69.3 Å². The lowest BCUT2D eigenvalue weighted by atomic mass is 10.1. The molecule has 1 aromatic carbocycles. The zero-order valence-corrected chi connectivity index (χ0v) is 15.4. The first-order chi connectivity index (χ1) is 8.52. The first-order valence-corrected chi connectivity index (χ1v) is 8.54. The fraction of sp³-hybridized carbons (Fsp3) is 0.167. The van der Waals surface area contributed by atoms with E-state index in [9.17, 15) is 0 Å². The molecule has 0 fully saturated rings. The van der Waals surface area contributed by atoms with Crippen molar-refractivity contribution >= 4 is 73.1 Å². The molecule has 0 saturated heterocycles. The summed E-state index contributed by atoms with van der Waals surface area (Å²) in [5.74, 6) is 0. The SMILES string of the molecule is CNC(c1ccc(I)c(Cl)c1)c1cc(Cl)c(Br)s1. The van der Waals surface area contributed by atoms with Crippen molar-refractivity contribution in [3.63, 3.8) is 0 Å². The summed E-state index contributed by atoms with van der Waals surface area (Å²) in [5, 5.41) is 4.81. The quantitative estimate of drug-likeness (QED) is 0.558. The van der Waals surface area contributed by atoms with Gasteiger partial charge in [-0.1, -0.05) is 29.3 Å². The highest BCUT2D eigenvalue weighted by Gasteiger charge is 2.17. The predicted octanol–water partition coefficient (Wildman–Crippen LogP) is 5.73. The van der Waals surface area contributed by atoms with Crippen LogP contribution in [0.3, 0.4) is 0 Å². The van der Waals surface area contributed by atoms with Gasteiger partial charge in [-0.25, -0.2) is 0 Å². The van der Waals surface area contributed by atoms with Crippen LogP contribution in [0.15, 0.2) is 28.1 Å². The van der Waals surface area contributed by atoms with Gasteiger partial charge in [-0.3, -0.25) is 0 Å². The lowest BCUT2D eigenvalue weighted by Crippen LogP contribution is -2.16. The number of halogens is 4. The fourth-order valence-corrected chi connectivity index (χ4v) is 4.08. The van der Waals surface area contributed by atoms with E-state index in [-0.39, 0.29) is 6.04 Å². The number of rotatable bonds is 3. The molecule has 0 aliphatic carbocycles. The molecule has 1 N–H and O–H groups in total. The van der Waals surface area contributed by atoms with Crippen molar-refractivity contribution in [1.29, 1.82) is 0 Å². The van der Waals surface area contributed by atoms with Crippen LogP contribution in [0.2, 0.25) is 10.0 Å². The molecule has 0 radical (unpaired) electrons. The topological polar surface area (TPSA) is 12.0 Å². The van der Waals surface area contributed by atoms with Crippen LogP contribution in [0.25, 0.3) is 0 Å². The Hall–Kier alpha value is 0.670. The average molecular weight is 477 g/mol. The summed E-state index contributed by atoms with van der Waals surface area (Å²) in [6.45, 7) is 0. The van der Waals surface area contributed by atoms with Gasteiger partial charge < -0.3 is 5.32 Å². The maximum atomic E-state index is 6.17. The second-order valence-electron chi connectivity index (χ2n) is 3.67. The van der Waals surface area contributed by atoms with Crippen LogP contribution in [0.5, 0.6) is 0 Å². The zero-order valence-electron chi connectivity index (χ0n) is 9.31. The second-order valence-corrected chi connectivity index (χ2v) is 8.04. The number of nitrogens with one attached hydrogen (secondary N) is 1. The van der Waals surface area contributed by atoms with E-state index >= 15 is 0 Å². The molecular formula is C12H9BrCl2INS. The molecule has 0 spiro atoms. The maximum Gasteiger partial charge on any atom is 0.0888 e. The number of hydrogen-bond acceptors (Lipinski definition) is 2. The minimum absolute atomic E-state index is 0.105. The van der Waals surface area contributed by atoms with Crippen LogP contribution in [0.4, 0.5) is 0 Å². The Bertz CT molecular complexity index is 554. The molecule has 1 aromatic heterocycles. The number of benzene rings is 1. The molecule has 1 atom stereocenters. The largest absolute Gasteiger partial charge is 0.309 e. The summed E-state index contributed by atoms with van der Waals surface area (Å²) in [4.78, 5) is 1.16. The summed E-state index contributed by atoms with van der Waals surface area (Å²) in [7, 11) is 1.93. The highest BCUT2D eigenvalue weighted by molar-refractivity contribution is 14.1. The average Bonchev–Trinajstić information content (AvgIpc) is 2.65. The van der Waals surface area contributed by atoms with Crippen molar-refractivity contribution < 1.29 is 0 Å². The van der Waals surface area contributed by atoms with E-state index in [0.29, 0.717) is 0 Å².